The largest absolute Gasteiger partial charge is 0.316 e. The van der Waals surface area contributed by atoms with E-state index in [4.69, 9.17) is 0 Å². The molecule has 1 aromatic rings. The van der Waals surface area contributed by atoms with E-state index in [1.54, 1.807) is 0 Å². The van der Waals surface area contributed by atoms with Crippen LogP contribution in [0.1, 0.15) is 19.8 Å². The second-order valence-corrected chi connectivity index (χ2v) is 7.26. The van der Waals surface area contributed by atoms with Gasteiger partial charge >= 0.3 is 0 Å². The number of hydrogen-bond donors (Lipinski definition) is 2. The fourth-order valence-electron chi connectivity index (χ4n) is 2.27. The highest BCUT2D eigenvalue weighted by atomic mass is 32.2. The molecule has 20 heavy (non-hydrogen) atoms. The summed E-state index contributed by atoms with van der Waals surface area (Å²) in [7, 11) is -3.82. The molecule has 1 heterocycles. The maximum absolute atomic E-state index is 13.1. The lowest BCUT2D eigenvalue weighted by molar-refractivity contribution is 0.238. The fourth-order valence-corrected chi connectivity index (χ4v) is 3.48. The molecule has 0 aliphatic carbocycles. The SMILES string of the molecule is CC1(CNS(=O)(=O)c2ccc(F)c(F)c2)CCCNC1. The topological polar surface area (TPSA) is 58.2 Å². The van der Waals surface area contributed by atoms with Gasteiger partial charge in [-0.05, 0) is 43.0 Å². The molecule has 0 bridgehead atoms. The molecule has 0 saturated carbocycles. The molecule has 0 radical (unpaired) electrons. The number of rotatable bonds is 4. The van der Waals surface area contributed by atoms with Crippen molar-refractivity contribution in [2.24, 2.45) is 5.41 Å². The molecule has 0 amide bonds. The smallest absolute Gasteiger partial charge is 0.240 e. The van der Waals surface area contributed by atoms with Gasteiger partial charge in [-0.25, -0.2) is 21.9 Å². The van der Waals surface area contributed by atoms with E-state index in [2.05, 4.69) is 10.0 Å². The van der Waals surface area contributed by atoms with E-state index >= 15 is 0 Å². The van der Waals surface area contributed by atoms with Crippen LogP contribution >= 0.6 is 0 Å². The first-order chi connectivity index (χ1) is 9.32. The van der Waals surface area contributed by atoms with Crippen LogP contribution in [0.3, 0.4) is 0 Å². The molecule has 7 heteroatoms. The van der Waals surface area contributed by atoms with Crippen molar-refractivity contribution in [3.8, 4) is 0 Å². The van der Waals surface area contributed by atoms with E-state index in [9.17, 15) is 17.2 Å². The van der Waals surface area contributed by atoms with Crippen molar-refractivity contribution < 1.29 is 17.2 Å². The Hall–Kier alpha value is -1.05. The van der Waals surface area contributed by atoms with Gasteiger partial charge in [-0.1, -0.05) is 6.92 Å². The number of halogens is 2. The van der Waals surface area contributed by atoms with Gasteiger partial charge in [0.15, 0.2) is 11.6 Å². The summed E-state index contributed by atoms with van der Waals surface area (Å²) in [6, 6.07) is 2.56. The van der Waals surface area contributed by atoms with E-state index in [0.717, 1.165) is 38.1 Å². The van der Waals surface area contributed by atoms with Gasteiger partial charge in [0.1, 0.15) is 0 Å². The molecule has 1 aliphatic rings. The van der Waals surface area contributed by atoms with Crippen LogP contribution in [0.2, 0.25) is 0 Å². The molecule has 1 atom stereocenters. The maximum atomic E-state index is 13.1. The first kappa shape index (κ1) is 15.3. The van der Waals surface area contributed by atoms with Crippen LogP contribution in [0, 0.1) is 17.0 Å². The average molecular weight is 304 g/mol. The first-order valence-electron chi connectivity index (χ1n) is 6.48. The van der Waals surface area contributed by atoms with E-state index in [-0.39, 0.29) is 16.9 Å². The van der Waals surface area contributed by atoms with Crippen LogP contribution in [0.5, 0.6) is 0 Å². The lowest BCUT2D eigenvalue weighted by Gasteiger charge is -2.34. The zero-order valence-electron chi connectivity index (χ0n) is 11.2. The van der Waals surface area contributed by atoms with E-state index in [0.29, 0.717) is 6.07 Å². The summed E-state index contributed by atoms with van der Waals surface area (Å²) in [6.45, 7) is 3.92. The molecular weight excluding hydrogens is 286 g/mol. The Morgan fingerprint density at radius 2 is 2.10 bits per heavy atom. The molecular formula is C13H18F2N2O2S. The van der Waals surface area contributed by atoms with Gasteiger partial charge in [0, 0.05) is 13.1 Å². The van der Waals surface area contributed by atoms with Crippen molar-refractivity contribution >= 4 is 10.0 Å². The van der Waals surface area contributed by atoms with E-state index in [1.807, 2.05) is 6.92 Å². The molecule has 112 valence electrons. The van der Waals surface area contributed by atoms with Gasteiger partial charge in [-0.2, -0.15) is 0 Å². The van der Waals surface area contributed by atoms with Crippen molar-refractivity contribution in [3.63, 3.8) is 0 Å². The third-order valence-electron chi connectivity index (χ3n) is 3.58. The first-order valence-corrected chi connectivity index (χ1v) is 7.96. The van der Waals surface area contributed by atoms with Crippen molar-refractivity contribution in [3.05, 3.63) is 29.8 Å². The van der Waals surface area contributed by atoms with Crippen molar-refractivity contribution in [1.29, 1.82) is 0 Å². The third kappa shape index (κ3) is 3.53. The molecule has 1 aliphatic heterocycles. The number of sulfonamides is 1. The number of nitrogens with one attached hydrogen (secondary N) is 2. The Morgan fingerprint density at radius 3 is 2.70 bits per heavy atom. The van der Waals surface area contributed by atoms with Gasteiger partial charge in [0.25, 0.3) is 0 Å². The highest BCUT2D eigenvalue weighted by Gasteiger charge is 2.29. The Morgan fingerprint density at radius 1 is 1.35 bits per heavy atom. The average Bonchev–Trinajstić information content (AvgIpc) is 2.41. The van der Waals surface area contributed by atoms with Crippen LogP contribution in [0.25, 0.3) is 0 Å². The second kappa shape index (κ2) is 5.75. The lowest BCUT2D eigenvalue weighted by atomic mass is 9.83. The van der Waals surface area contributed by atoms with Crippen LogP contribution in [-0.4, -0.2) is 28.1 Å². The van der Waals surface area contributed by atoms with Crippen LogP contribution in [-0.2, 0) is 10.0 Å². The van der Waals surface area contributed by atoms with Gasteiger partial charge in [-0.15, -0.1) is 0 Å². The second-order valence-electron chi connectivity index (χ2n) is 5.49. The summed E-state index contributed by atoms with van der Waals surface area (Å²) >= 11 is 0. The zero-order valence-corrected chi connectivity index (χ0v) is 12.1. The summed E-state index contributed by atoms with van der Waals surface area (Å²) in [4.78, 5) is -0.260. The van der Waals surface area contributed by atoms with Gasteiger partial charge < -0.3 is 5.32 Å². The van der Waals surface area contributed by atoms with E-state index in [1.165, 1.54) is 0 Å². The van der Waals surface area contributed by atoms with Gasteiger partial charge in [0.2, 0.25) is 10.0 Å². The highest BCUT2D eigenvalue weighted by molar-refractivity contribution is 7.89. The Labute approximate surface area is 117 Å². The third-order valence-corrected chi connectivity index (χ3v) is 4.97. The van der Waals surface area contributed by atoms with Crippen LogP contribution < -0.4 is 10.0 Å². The fraction of sp³-hybridized carbons (Fsp3) is 0.538. The van der Waals surface area contributed by atoms with Gasteiger partial charge in [-0.3, -0.25) is 0 Å². The van der Waals surface area contributed by atoms with E-state index < -0.39 is 21.7 Å². The number of hydrogen-bond acceptors (Lipinski definition) is 3. The van der Waals surface area contributed by atoms with Crippen LogP contribution in [0.4, 0.5) is 8.78 Å². The molecule has 2 N–H and O–H groups in total. The summed E-state index contributed by atoms with van der Waals surface area (Å²) in [5.41, 5.74) is -0.163. The lowest BCUT2D eigenvalue weighted by Crippen LogP contribution is -2.45. The minimum Gasteiger partial charge on any atom is -0.316 e. The molecule has 2 rings (SSSR count). The molecule has 1 saturated heterocycles. The summed E-state index contributed by atoms with van der Waals surface area (Å²) in [5, 5.41) is 3.22. The van der Waals surface area contributed by atoms with Crippen LogP contribution in [0.15, 0.2) is 23.1 Å². The van der Waals surface area contributed by atoms with Crippen molar-refractivity contribution in [2.45, 2.75) is 24.7 Å². The Kier molecular flexibility index (Phi) is 4.41. The predicted octanol–water partition coefficient (Wildman–Crippen LogP) is 1.63. The van der Waals surface area contributed by atoms with Crippen molar-refractivity contribution in [2.75, 3.05) is 19.6 Å². The Balaban J connectivity index is 2.09. The monoisotopic (exact) mass is 304 g/mol. The molecule has 0 aromatic heterocycles. The Bertz CT molecular complexity index is 584. The van der Waals surface area contributed by atoms with Gasteiger partial charge in [0.05, 0.1) is 4.90 Å². The zero-order chi connectivity index (χ0) is 14.8. The quantitative estimate of drug-likeness (QED) is 0.889. The highest BCUT2D eigenvalue weighted by Crippen LogP contribution is 2.25. The standard InChI is InChI=1S/C13H18F2N2O2S/c1-13(5-2-6-16-8-13)9-17-20(18,19)10-3-4-11(14)12(15)7-10/h3-4,7,16-17H,2,5-6,8-9H2,1H3. The summed E-state index contributed by atoms with van der Waals surface area (Å²) in [5.74, 6) is -2.23. The predicted molar refractivity (Wildman–Crippen MR) is 71.8 cm³/mol. The normalized spacial score (nSPS) is 23.8. The molecule has 0 spiro atoms. The summed E-state index contributed by atoms with van der Waals surface area (Å²) in [6.07, 6.45) is 1.91. The molecule has 1 unspecified atom stereocenters. The molecule has 1 fully saturated rings. The molecule has 1 aromatic carbocycles. The molecule has 4 nitrogen and oxygen atoms in total. The number of benzene rings is 1. The minimum absolute atomic E-state index is 0.163. The summed E-state index contributed by atoms with van der Waals surface area (Å²) < 4.78 is 52.5. The van der Waals surface area contributed by atoms with Crippen molar-refractivity contribution in [1.82, 2.24) is 10.0 Å². The number of piperidine rings is 1. The minimum atomic E-state index is -3.82. The maximum Gasteiger partial charge on any atom is 0.240 e.